The maximum atomic E-state index is 11.2. The molecule has 7 N–H and O–H groups in total. The predicted molar refractivity (Wildman–Crippen MR) is 332 cm³/mol. The fourth-order valence-corrected chi connectivity index (χ4v) is 9.48. The standard InChI is InChI=1S/C36H66O17S2.C24H50O10/c1-4-7-41-10-11-42-12-13-43-14-15-44-16-17-45-18-19-46-20-21-49-32(28-54-22-5-8-47-30-24-50-35(2,33(37)38)51-25-30)29-55-23-6-9-48-31-26-52-36(3,34(39)40)53-27-31;1-6-18(26)11-30-15-22(32-10-17(5)25)24(34-14-21(29)9-4)23(33-13-20(28)8-3)16-31-12-19(27)7-2/h30-32H,4-29H2,1-3H3,(H,37,38)(H,39,40);17-29H,6-16H2,1-5H3. The molecule has 0 aromatic carbocycles. The third kappa shape index (κ3) is 44.9. The van der Waals surface area contributed by atoms with E-state index in [-0.39, 0.29) is 91.0 Å². The van der Waals surface area contributed by atoms with E-state index in [4.69, 9.17) is 85.3 Å². The minimum Gasteiger partial charge on any atom is -0.477 e. The average Bonchev–Trinajstić information content (AvgIpc) is 2.88. The summed E-state index contributed by atoms with van der Waals surface area (Å²) in [6, 6.07) is 0. The lowest BCUT2D eigenvalue weighted by Crippen LogP contribution is -2.50. The molecule has 8 atom stereocenters. The van der Waals surface area contributed by atoms with Gasteiger partial charge in [0, 0.05) is 45.2 Å². The van der Waals surface area contributed by atoms with Crippen LogP contribution in [0, 0.1) is 0 Å². The highest BCUT2D eigenvalue weighted by molar-refractivity contribution is 8.00. The minimum atomic E-state index is -1.62. The summed E-state index contributed by atoms with van der Waals surface area (Å²) in [4.78, 5) is 22.5. The zero-order valence-corrected chi connectivity index (χ0v) is 56.3. The maximum Gasteiger partial charge on any atom is 0.364 e. The summed E-state index contributed by atoms with van der Waals surface area (Å²) < 4.78 is 101. The molecule has 8 unspecified atom stereocenters. The summed E-state index contributed by atoms with van der Waals surface area (Å²) in [5, 5.41) is 68.0. The first-order chi connectivity index (χ1) is 42.9. The molecule has 0 aromatic rings. The molecule has 2 aliphatic rings. The van der Waals surface area contributed by atoms with Crippen LogP contribution in [0.5, 0.6) is 0 Å². The van der Waals surface area contributed by atoms with Crippen LogP contribution in [0.2, 0.25) is 0 Å². The van der Waals surface area contributed by atoms with E-state index in [1.807, 2.05) is 27.7 Å². The molecule has 0 radical (unpaired) electrons. The van der Waals surface area contributed by atoms with Crippen molar-refractivity contribution in [1.29, 1.82) is 0 Å². The number of aliphatic hydroxyl groups excluding tert-OH is 5. The van der Waals surface area contributed by atoms with Crippen molar-refractivity contribution < 1.29 is 131 Å². The Morgan fingerprint density at radius 1 is 0.438 bits per heavy atom. The van der Waals surface area contributed by atoms with Crippen molar-refractivity contribution in [3.63, 3.8) is 0 Å². The predicted octanol–water partition coefficient (Wildman–Crippen LogP) is 3.23. The molecular formula is C60H116O27S2. The van der Waals surface area contributed by atoms with Crippen LogP contribution in [0.3, 0.4) is 0 Å². The second-order valence-electron chi connectivity index (χ2n) is 21.5. The van der Waals surface area contributed by atoms with Gasteiger partial charge in [-0.15, -0.1) is 0 Å². The van der Waals surface area contributed by atoms with Crippen molar-refractivity contribution in [2.45, 2.75) is 179 Å². The van der Waals surface area contributed by atoms with Crippen molar-refractivity contribution in [3.05, 3.63) is 0 Å². The molecule has 27 nitrogen and oxygen atoms in total. The lowest BCUT2D eigenvalue weighted by atomic mass is 10.1. The topological polar surface area (TPSA) is 342 Å². The van der Waals surface area contributed by atoms with Crippen molar-refractivity contribution in [1.82, 2.24) is 0 Å². The van der Waals surface area contributed by atoms with Crippen molar-refractivity contribution in [2.75, 3.05) is 195 Å². The number of hydrogen-bond donors (Lipinski definition) is 7. The van der Waals surface area contributed by atoms with E-state index in [1.165, 1.54) is 13.8 Å². The SMILES string of the molecule is CCC(O)COCC(OCC(C)O)C(OCC(O)CC)C(COCC(O)CC)OCC(O)CC.CCCOCCOCCOCCOCCOCCOCCOC(CSCCCOC1COC(C)(C(=O)O)OC1)CSCCCOC1COC(C)(C(=O)O)OC1. The summed E-state index contributed by atoms with van der Waals surface area (Å²) in [6.45, 7) is 22.7. The van der Waals surface area contributed by atoms with Gasteiger partial charge in [-0.25, -0.2) is 9.59 Å². The fraction of sp³-hybridized carbons (Fsp3) is 0.967. The van der Waals surface area contributed by atoms with E-state index >= 15 is 0 Å². The van der Waals surface area contributed by atoms with Gasteiger partial charge in [0.15, 0.2) is 0 Å². The summed E-state index contributed by atoms with van der Waals surface area (Å²) in [5.74, 6) is -2.17. The van der Waals surface area contributed by atoms with Gasteiger partial charge >= 0.3 is 11.9 Å². The van der Waals surface area contributed by atoms with E-state index in [2.05, 4.69) is 6.92 Å². The van der Waals surface area contributed by atoms with Crippen LogP contribution in [0.4, 0.5) is 0 Å². The van der Waals surface area contributed by atoms with Crippen LogP contribution in [-0.2, 0) is 94.9 Å². The number of rotatable bonds is 60. The Bertz CT molecular complexity index is 1570. The number of carbonyl (C=O) groups is 2. The highest BCUT2D eigenvalue weighted by Crippen LogP contribution is 2.23. The van der Waals surface area contributed by atoms with Crippen molar-refractivity contribution >= 4 is 35.5 Å². The van der Waals surface area contributed by atoms with Gasteiger partial charge in [-0.2, -0.15) is 23.5 Å². The molecule has 2 aliphatic heterocycles. The van der Waals surface area contributed by atoms with Gasteiger partial charge in [0.25, 0.3) is 11.6 Å². The fourth-order valence-electron chi connectivity index (χ4n) is 7.40. The monoisotopic (exact) mass is 1330 g/mol. The van der Waals surface area contributed by atoms with Gasteiger partial charge in [0.2, 0.25) is 0 Å². The molecule has 0 spiro atoms. The van der Waals surface area contributed by atoms with Gasteiger partial charge in [0.05, 0.1) is 189 Å². The van der Waals surface area contributed by atoms with Crippen LogP contribution < -0.4 is 0 Å². The smallest absolute Gasteiger partial charge is 0.364 e. The van der Waals surface area contributed by atoms with E-state index in [9.17, 15) is 45.3 Å². The largest absolute Gasteiger partial charge is 0.477 e. The van der Waals surface area contributed by atoms with E-state index in [1.54, 1.807) is 30.4 Å². The molecule has 0 bridgehead atoms. The van der Waals surface area contributed by atoms with Gasteiger partial charge in [-0.1, -0.05) is 34.6 Å². The van der Waals surface area contributed by atoms with E-state index in [0.29, 0.717) is 118 Å². The third-order valence-corrected chi connectivity index (χ3v) is 15.6. The average molecular weight is 1330 g/mol. The highest BCUT2D eigenvalue weighted by atomic mass is 32.2. The second-order valence-corrected chi connectivity index (χ2v) is 23.8. The lowest BCUT2D eigenvalue weighted by molar-refractivity contribution is -0.283. The summed E-state index contributed by atoms with van der Waals surface area (Å²) in [5.41, 5.74) is 0. The third-order valence-electron chi connectivity index (χ3n) is 13.3. The van der Waals surface area contributed by atoms with Crippen LogP contribution in [0.1, 0.15) is 100 Å². The normalized spacial score (nSPS) is 21.9. The van der Waals surface area contributed by atoms with E-state index < -0.39 is 72.3 Å². The number of ether oxygens (including phenoxy) is 18. The first kappa shape index (κ1) is 85.7. The molecule has 2 heterocycles. The van der Waals surface area contributed by atoms with Gasteiger partial charge in [-0.05, 0) is 63.4 Å². The number of aliphatic carboxylic acids is 2. The zero-order valence-electron chi connectivity index (χ0n) is 54.6. The Hall–Kier alpha value is -1.28. The molecule has 0 amide bonds. The summed E-state index contributed by atoms with van der Waals surface area (Å²) in [6.07, 6.45) is -1.41. The minimum absolute atomic E-state index is 0.0141. The number of carboxylic acids is 2. The molecule has 29 heteroatoms. The second kappa shape index (κ2) is 55.9. The molecular weight excluding hydrogens is 1220 g/mol. The molecule has 2 rings (SSSR count). The zero-order chi connectivity index (χ0) is 65.8. The molecule has 2 saturated heterocycles. The number of carboxylic acid groups (broad SMARTS) is 2. The van der Waals surface area contributed by atoms with Crippen LogP contribution >= 0.6 is 23.5 Å². The van der Waals surface area contributed by atoms with Gasteiger partial charge in [-0.3, -0.25) is 0 Å². The first-order valence-electron chi connectivity index (χ1n) is 31.8. The number of aliphatic hydroxyl groups is 5. The van der Waals surface area contributed by atoms with Crippen LogP contribution in [0.25, 0.3) is 0 Å². The van der Waals surface area contributed by atoms with Gasteiger partial charge < -0.3 is 121 Å². The lowest BCUT2D eigenvalue weighted by Gasteiger charge is -2.35. The maximum absolute atomic E-state index is 11.2. The molecule has 530 valence electrons. The molecule has 2 fully saturated rings. The first-order valence-corrected chi connectivity index (χ1v) is 34.1. The Morgan fingerprint density at radius 2 is 0.775 bits per heavy atom. The number of thioether (sulfide) groups is 2. The Labute approximate surface area is 537 Å². The number of hydrogen-bond acceptors (Lipinski definition) is 27. The molecule has 0 aliphatic carbocycles. The highest BCUT2D eigenvalue weighted by Gasteiger charge is 2.42. The van der Waals surface area contributed by atoms with Crippen LogP contribution in [0.15, 0.2) is 0 Å². The summed E-state index contributed by atoms with van der Waals surface area (Å²) >= 11 is 3.58. The van der Waals surface area contributed by atoms with Crippen LogP contribution in [-0.4, -0.2) is 321 Å². The summed E-state index contributed by atoms with van der Waals surface area (Å²) in [7, 11) is 0. The Balaban J connectivity index is 0.000001000. The molecule has 89 heavy (non-hydrogen) atoms. The van der Waals surface area contributed by atoms with Crippen molar-refractivity contribution in [2.24, 2.45) is 0 Å². The Morgan fingerprint density at radius 3 is 1.12 bits per heavy atom. The van der Waals surface area contributed by atoms with Gasteiger partial charge in [0.1, 0.15) is 30.5 Å². The van der Waals surface area contributed by atoms with Crippen molar-refractivity contribution in [3.8, 4) is 0 Å². The molecule has 0 saturated carbocycles. The quantitative estimate of drug-likeness (QED) is 0.0430. The van der Waals surface area contributed by atoms with E-state index in [0.717, 1.165) is 48.9 Å². The molecule has 0 aromatic heterocycles. The Kier molecular flexibility index (Phi) is 53.9.